The molecule has 0 saturated carbocycles. The molecule has 1 aromatic carbocycles. The number of nitrogens with zero attached hydrogens (tertiary/aromatic N) is 1. The van der Waals surface area contributed by atoms with E-state index in [1.807, 2.05) is 6.08 Å². The summed E-state index contributed by atoms with van der Waals surface area (Å²) in [5.41, 5.74) is -0.266. The molecule has 0 amide bonds. The molecule has 0 spiro atoms. The van der Waals surface area contributed by atoms with Crippen LogP contribution in [0.25, 0.3) is 0 Å². The predicted molar refractivity (Wildman–Crippen MR) is 110 cm³/mol. The molecule has 0 N–H and O–H groups in total. The van der Waals surface area contributed by atoms with E-state index in [4.69, 9.17) is 28.4 Å². The number of hydrogen-bond donors (Lipinski definition) is 0. The summed E-state index contributed by atoms with van der Waals surface area (Å²) in [6, 6.07) is 5.03. The van der Waals surface area contributed by atoms with Crippen LogP contribution in [0.5, 0.6) is 11.5 Å². The summed E-state index contributed by atoms with van der Waals surface area (Å²) in [5, 5.41) is 0. The van der Waals surface area contributed by atoms with Gasteiger partial charge in [0.2, 0.25) is 13.6 Å². The second-order valence-corrected chi connectivity index (χ2v) is 7.29. The molecule has 0 radical (unpaired) electrons. The van der Waals surface area contributed by atoms with Crippen molar-refractivity contribution in [3.63, 3.8) is 0 Å². The van der Waals surface area contributed by atoms with Crippen molar-refractivity contribution in [3.05, 3.63) is 58.7 Å². The monoisotopic (exact) mass is 439 g/mol. The first-order valence-electron chi connectivity index (χ1n) is 10.3. The number of fused-ring (bicyclic) bond motifs is 3. The van der Waals surface area contributed by atoms with E-state index in [-0.39, 0.29) is 32.5 Å². The zero-order valence-corrected chi connectivity index (χ0v) is 17.6. The number of rotatable bonds is 5. The molecular weight excluding hydrogens is 418 g/mol. The number of esters is 2. The van der Waals surface area contributed by atoms with Crippen LogP contribution in [0.1, 0.15) is 25.8 Å². The van der Waals surface area contributed by atoms with Crippen molar-refractivity contribution in [2.75, 3.05) is 26.8 Å². The van der Waals surface area contributed by atoms with E-state index in [0.29, 0.717) is 46.3 Å². The number of carbonyl (C=O) groups is 2. The van der Waals surface area contributed by atoms with Crippen molar-refractivity contribution in [1.29, 1.82) is 0 Å². The fraction of sp³-hybridized carbons (Fsp3) is 0.348. The third-order valence-corrected chi connectivity index (χ3v) is 5.55. The second-order valence-electron chi connectivity index (χ2n) is 7.29. The molecule has 4 aliphatic rings. The van der Waals surface area contributed by atoms with Crippen LogP contribution in [0.15, 0.2) is 58.1 Å². The van der Waals surface area contributed by atoms with Gasteiger partial charge in [0.25, 0.3) is 0 Å². The molecule has 0 bridgehead atoms. The van der Waals surface area contributed by atoms with Gasteiger partial charge in [0.1, 0.15) is 5.76 Å². The summed E-state index contributed by atoms with van der Waals surface area (Å²) in [5.74, 6) is 0.781. The Labute approximate surface area is 183 Å². The van der Waals surface area contributed by atoms with Crippen LogP contribution >= 0.6 is 0 Å². The maximum Gasteiger partial charge on any atom is 0.354 e. The minimum absolute atomic E-state index is 0.0689. The van der Waals surface area contributed by atoms with Gasteiger partial charge in [-0.3, -0.25) is 4.79 Å². The lowest BCUT2D eigenvalue weighted by Gasteiger charge is -2.34. The highest BCUT2D eigenvalue weighted by Gasteiger charge is 2.53. The van der Waals surface area contributed by atoms with Gasteiger partial charge in [-0.25, -0.2) is 9.79 Å². The third kappa shape index (κ3) is 2.96. The van der Waals surface area contributed by atoms with Crippen LogP contribution in [0.3, 0.4) is 0 Å². The fourth-order valence-electron chi connectivity index (χ4n) is 4.13. The van der Waals surface area contributed by atoms with Crippen LogP contribution in [-0.4, -0.2) is 44.4 Å². The van der Waals surface area contributed by atoms with Gasteiger partial charge in [-0.2, -0.15) is 0 Å². The van der Waals surface area contributed by atoms with Gasteiger partial charge in [-0.15, -0.1) is 0 Å². The van der Waals surface area contributed by atoms with E-state index < -0.39 is 17.4 Å². The number of ether oxygens (including phenoxy) is 6. The lowest BCUT2D eigenvalue weighted by Crippen LogP contribution is -2.49. The molecule has 1 aromatic rings. The Morgan fingerprint density at radius 2 is 1.81 bits per heavy atom. The van der Waals surface area contributed by atoms with Crippen LogP contribution in [0, 0.1) is 0 Å². The first-order valence-corrected chi connectivity index (χ1v) is 10.3. The molecule has 0 saturated heterocycles. The highest BCUT2D eigenvalue weighted by Crippen LogP contribution is 2.46. The Kier molecular flexibility index (Phi) is 4.88. The zero-order chi connectivity index (χ0) is 22.3. The summed E-state index contributed by atoms with van der Waals surface area (Å²) in [6.07, 6.45) is 3.95. The molecule has 9 heteroatoms. The smallest absolute Gasteiger partial charge is 0.354 e. The minimum Gasteiger partial charge on any atom is -0.465 e. The Balaban J connectivity index is 1.76. The zero-order valence-electron chi connectivity index (χ0n) is 17.6. The quantitative estimate of drug-likeness (QED) is 0.646. The molecule has 9 nitrogen and oxygen atoms in total. The molecular formula is C23H21NO8. The van der Waals surface area contributed by atoms with Crippen LogP contribution in [0.4, 0.5) is 0 Å². The van der Waals surface area contributed by atoms with Gasteiger partial charge >= 0.3 is 11.9 Å². The minimum atomic E-state index is -1.68. The summed E-state index contributed by atoms with van der Waals surface area (Å²) < 4.78 is 32.9. The molecule has 1 aliphatic carbocycles. The molecule has 166 valence electrons. The summed E-state index contributed by atoms with van der Waals surface area (Å²) in [6.45, 7) is 3.77. The Morgan fingerprint density at radius 3 is 2.62 bits per heavy atom. The molecule has 1 atom stereocenters. The maximum absolute atomic E-state index is 13.6. The highest BCUT2D eigenvalue weighted by atomic mass is 16.7. The first-order chi connectivity index (χ1) is 15.6. The number of allylic oxidation sites excluding steroid dienone is 1. The van der Waals surface area contributed by atoms with Crippen LogP contribution < -0.4 is 9.47 Å². The van der Waals surface area contributed by atoms with E-state index >= 15 is 0 Å². The molecule has 3 aliphatic heterocycles. The van der Waals surface area contributed by atoms with E-state index in [0.717, 1.165) is 0 Å². The van der Waals surface area contributed by atoms with Gasteiger partial charge in [0.05, 0.1) is 18.9 Å². The van der Waals surface area contributed by atoms with Crippen molar-refractivity contribution < 1.29 is 38.0 Å². The fourth-order valence-corrected chi connectivity index (χ4v) is 4.13. The summed E-state index contributed by atoms with van der Waals surface area (Å²) in [7, 11) is 0. The number of dihydropyridines is 1. The summed E-state index contributed by atoms with van der Waals surface area (Å²) in [4.78, 5) is 31.3. The van der Waals surface area contributed by atoms with Crippen molar-refractivity contribution in [2.24, 2.45) is 4.99 Å². The molecule has 32 heavy (non-hydrogen) atoms. The third-order valence-electron chi connectivity index (χ3n) is 5.55. The Bertz CT molecular complexity index is 1130. The van der Waals surface area contributed by atoms with Crippen molar-refractivity contribution in [2.45, 2.75) is 25.7 Å². The number of hydrogen-bond acceptors (Lipinski definition) is 9. The lowest BCUT2D eigenvalue weighted by molar-refractivity contribution is -0.147. The number of carbonyl (C=O) groups excluding carboxylic acids is 2. The van der Waals surface area contributed by atoms with Gasteiger partial charge in [-0.1, -0.05) is 12.1 Å². The van der Waals surface area contributed by atoms with Crippen molar-refractivity contribution >= 4 is 17.7 Å². The van der Waals surface area contributed by atoms with Gasteiger partial charge in [0.15, 0.2) is 28.4 Å². The number of aliphatic imine (C=N–C) groups is 1. The lowest BCUT2D eigenvalue weighted by atomic mass is 9.72. The molecule has 1 unspecified atom stereocenters. The summed E-state index contributed by atoms with van der Waals surface area (Å²) >= 11 is 0. The average Bonchev–Trinajstić information content (AvgIpc) is 3.47. The molecule has 0 aromatic heterocycles. The van der Waals surface area contributed by atoms with E-state index in [1.54, 1.807) is 38.1 Å². The van der Waals surface area contributed by atoms with E-state index in [1.165, 1.54) is 0 Å². The van der Waals surface area contributed by atoms with Gasteiger partial charge in [0, 0.05) is 12.0 Å². The molecule has 3 heterocycles. The van der Waals surface area contributed by atoms with E-state index in [2.05, 4.69) is 4.99 Å². The topological polar surface area (TPSA) is 102 Å². The van der Waals surface area contributed by atoms with Gasteiger partial charge in [-0.05, 0) is 37.6 Å². The average molecular weight is 439 g/mol. The maximum atomic E-state index is 13.6. The Hall–Kier alpha value is -3.75. The van der Waals surface area contributed by atoms with E-state index in [9.17, 15) is 9.59 Å². The SMILES string of the molecule is CCOC(=O)C1=NC2=CCC3=C(OCO3)C2=CC1(C(=O)OCC)c1ccc2c(c1)OCO2. The largest absolute Gasteiger partial charge is 0.465 e. The van der Waals surface area contributed by atoms with Crippen LogP contribution in [0.2, 0.25) is 0 Å². The standard InChI is InChI=1S/C23H21NO8/c1-3-27-21(25)20-23(22(26)28-4-2,13-5-7-16-18(9-13)31-11-29-16)10-14-15(24-20)6-8-17-19(14)32-12-30-17/h5-7,9-10H,3-4,8,11-12H2,1-2H3. The van der Waals surface area contributed by atoms with Crippen molar-refractivity contribution in [1.82, 2.24) is 0 Å². The highest BCUT2D eigenvalue weighted by molar-refractivity contribution is 6.46. The predicted octanol–water partition coefficient (Wildman–Crippen LogP) is 2.66. The first kappa shape index (κ1) is 20.2. The van der Waals surface area contributed by atoms with Crippen molar-refractivity contribution in [3.8, 4) is 11.5 Å². The van der Waals surface area contributed by atoms with Gasteiger partial charge < -0.3 is 28.4 Å². The molecule has 0 fully saturated rings. The van der Waals surface area contributed by atoms with Crippen LogP contribution in [-0.2, 0) is 34.0 Å². The Morgan fingerprint density at radius 1 is 1.03 bits per heavy atom. The molecule has 5 rings (SSSR count). The second kappa shape index (κ2) is 7.74. The number of benzene rings is 1. The normalized spacial score (nSPS) is 22.5.